The molecule has 0 aromatic heterocycles. The van der Waals surface area contributed by atoms with Crippen molar-refractivity contribution >= 4 is 17.5 Å². The zero-order valence-electron chi connectivity index (χ0n) is 18.9. The number of carbonyl (C=O) groups is 1. The molecule has 4 rings (SSSR count). The van der Waals surface area contributed by atoms with Gasteiger partial charge in [0.05, 0.1) is 12.8 Å². The molecule has 7 heteroatoms. The summed E-state index contributed by atoms with van der Waals surface area (Å²) in [5.41, 5.74) is 0.725. The third-order valence-corrected chi connectivity index (χ3v) is 7.18. The Hall–Kier alpha value is -1.92. The Balaban J connectivity index is 1.36. The van der Waals surface area contributed by atoms with E-state index >= 15 is 0 Å². The number of amides is 1. The molecule has 3 aliphatic rings. The summed E-state index contributed by atoms with van der Waals surface area (Å²) >= 11 is 6.07. The maximum atomic E-state index is 13.4. The van der Waals surface area contributed by atoms with Gasteiger partial charge in [0.15, 0.2) is 0 Å². The summed E-state index contributed by atoms with van der Waals surface area (Å²) in [5.74, 6) is 1.46. The highest BCUT2D eigenvalue weighted by Crippen LogP contribution is 2.35. The first-order chi connectivity index (χ1) is 14.9. The lowest BCUT2D eigenvalue weighted by Crippen LogP contribution is -2.50. The second-order valence-electron chi connectivity index (χ2n) is 9.55. The molecule has 31 heavy (non-hydrogen) atoms. The van der Waals surface area contributed by atoms with Gasteiger partial charge < -0.3 is 24.8 Å². The van der Waals surface area contributed by atoms with Crippen molar-refractivity contribution in [2.75, 3.05) is 34.4 Å². The van der Waals surface area contributed by atoms with Crippen LogP contribution in [-0.2, 0) is 4.79 Å². The molecule has 0 unspecified atom stereocenters. The predicted octanol–water partition coefficient (Wildman–Crippen LogP) is 3.53. The number of carbonyl (C=O) groups excluding carboxylic acids is 1. The summed E-state index contributed by atoms with van der Waals surface area (Å²) in [5, 5.41) is 3.95. The monoisotopic (exact) mass is 446 g/mol. The third kappa shape index (κ3) is 5.47. The Kier molecular flexibility index (Phi) is 6.97. The van der Waals surface area contributed by atoms with Gasteiger partial charge in [0.2, 0.25) is 0 Å². The van der Waals surface area contributed by atoms with Crippen molar-refractivity contribution in [3.05, 3.63) is 41.2 Å². The molecule has 1 aliphatic heterocycles. The fourth-order valence-corrected chi connectivity index (χ4v) is 5.20. The van der Waals surface area contributed by atoms with E-state index in [1.165, 1.54) is 0 Å². The van der Waals surface area contributed by atoms with E-state index < -0.39 is 0 Å². The molecule has 170 valence electrons. The van der Waals surface area contributed by atoms with E-state index in [1.54, 1.807) is 0 Å². The van der Waals surface area contributed by atoms with Gasteiger partial charge in [-0.15, -0.1) is 0 Å². The maximum absolute atomic E-state index is 13.4. The van der Waals surface area contributed by atoms with E-state index in [-0.39, 0.29) is 12.0 Å². The second kappa shape index (κ2) is 9.70. The minimum Gasteiger partial charge on any atom is -0.490 e. The molecule has 2 saturated carbocycles. The van der Waals surface area contributed by atoms with E-state index in [0.717, 1.165) is 56.5 Å². The smallest absolute Gasteiger partial charge is 0.271 e. The van der Waals surface area contributed by atoms with Crippen LogP contribution in [0.3, 0.4) is 0 Å². The van der Waals surface area contributed by atoms with Crippen LogP contribution in [0.15, 0.2) is 36.2 Å². The van der Waals surface area contributed by atoms with Gasteiger partial charge in [-0.2, -0.15) is 0 Å². The van der Waals surface area contributed by atoms with E-state index in [9.17, 15) is 4.79 Å². The van der Waals surface area contributed by atoms with E-state index in [4.69, 9.17) is 16.3 Å². The molecule has 1 amide bonds. The molecule has 1 aromatic rings. The lowest BCUT2D eigenvalue weighted by atomic mass is 9.80. The van der Waals surface area contributed by atoms with Gasteiger partial charge in [-0.05, 0) is 76.7 Å². The van der Waals surface area contributed by atoms with Gasteiger partial charge in [-0.3, -0.25) is 4.79 Å². The van der Waals surface area contributed by atoms with Crippen molar-refractivity contribution in [1.29, 1.82) is 0 Å². The quantitative estimate of drug-likeness (QED) is 0.694. The van der Waals surface area contributed by atoms with Crippen molar-refractivity contribution in [1.82, 2.24) is 20.0 Å². The Morgan fingerprint density at radius 1 is 1.19 bits per heavy atom. The van der Waals surface area contributed by atoms with Crippen molar-refractivity contribution < 1.29 is 9.53 Å². The first kappa shape index (κ1) is 22.3. The zero-order chi connectivity index (χ0) is 22.0. The Bertz CT molecular complexity index is 801. The van der Waals surface area contributed by atoms with Gasteiger partial charge in [0, 0.05) is 36.9 Å². The summed E-state index contributed by atoms with van der Waals surface area (Å²) < 4.78 is 6.08. The minimum atomic E-state index is 0.150. The minimum absolute atomic E-state index is 0.150. The number of halogens is 1. The first-order valence-electron chi connectivity index (χ1n) is 11.4. The highest BCUT2D eigenvalue weighted by molar-refractivity contribution is 6.30. The average Bonchev–Trinajstić information content (AvgIpc) is 3.15. The van der Waals surface area contributed by atoms with Crippen LogP contribution in [0.1, 0.15) is 38.5 Å². The molecule has 0 radical (unpaired) electrons. The summed E-state index contributed by atoms with van der Waals surface area (Å²) in [7, 11) is 6.31. The molecule has 1 aromatic carbocycles. The number of rotatable bonds is 7. The normalized spacial score (nSPS) is 28.0. The summed E-state index contributed by atoms with van der Waals surface area (Å²) in [6, 6.07) is 8.54. The van der Waals surface area contributed by atoms with Gasteiger partial charge in [-0.25, -0.2) is 0 Å². The Morgan fingerprint density at radius 2 is 1.90 bits per heavy atom. The molecule has 0 saturated heterocycles. The summed E-state index contributed by atoms with van der Waals surface area (Å²) in [6.07, 6.45) is 8.57. The molecule has 2 aliphatic carbocycles. The number of benzene rings is 1. The van der Waals surface area contributed by atoms with Crippen molar-refractivity contribution in [3.63, 3.8) is 0 Å². The van der Waals surface area contributed by atoms with Crippen LogP contribution < -0.4 is 10.1 Å². The molecule has 6 nitrogen and oxygen atoms in total. The van der Waals surface area contributed by atoms with Crippen molar-refractivity contribution in [2.24, 2.45) is 5.92 Å². The predicted molar refractivity (Wildman–Crippen MR) is 124 cm³/mol. The Morgan fingerprint density at radius 3 is 2.52 bits per heavy atom. The largest absolute Gasteiger partial charge is 0.490 e. The molecular formula is C24H35ClN4O2. The SMILES string of the molecule is CN1C=C(C(=O)N(CC2CC(Oc3cccc(Cl)c3)C2)C2CCC(N(C)C)CC2)NC1. The zero-order valence-corrected chi connectivity index (χ0v) is 19.6. The fourth-order valence-electron chi connectivity index (χ4n) is 5.02. The van der Waals surface area contributed by atoms with Crippen LogP contribution in [0, 0.1) is 5.92 Å². The molecule has 0 spiro atoms. The van der Waals surface area contributed by atoms with Crippen LogP contribution in [0.5, 0.6) is 5.75 Å². The second-order valence-corrected chi connectivity index (χ2v) is 9.99. The molecule has 2 fully saturated rings. The number of nitrogens with zero attached hydrogens (tertiary/aromatic N) is 3. The molecule has 1 heterocycles. The van der Waals surface area contributed by atoms with Crippen LogP contribution in [-0.4, -0.2) is 73.2 Å². The van der Waals surface area contributed by atoms with Crippen LogP contribution >= 0.6 is 11.6 Å². The van der Waals surface area contributed by atoms with Gasteiger partial charge >= 0.3 is 0 Å². The fraction of sp³-hybridized carbons (Fsp3) is 0.625. The lowest BCUT2D eigenvalue weighted by molar-refractivity contribution is -0.132. The Labute approximate surface area is 191 Å². The summed E-state index contributed by atoms with van der Waals surface area (Å²) in [6.45, 7) is 1.51. The van der Waals surface area contributed by atoms with E-state index in [2.05, 4.69) is 29.2 Å². The highest BCUT2D eigenvalue weighted by atomic mass is 35.5. The standard InChI is InChI=1S/C24H35ClN4O2/c1-27(2)19-7-9-20(10-8-19)29(24(30)23-15-28(3)16-26-23)14-17-11-22(12-17)31-21-6-4-5-18(25)13-21/h4-6,13,15,17,19-20,22,26H,7-12,14,16H2,1-3H3. The van der Waals surface area contributed by atoms with Crippen LogP contribution in [0.2, 0.25) is 5.02 Å². The number of nitrogens with one attached hydrogen (secondary N) is 1. The maximum Gasteiger partial charge on any atom is 0.271 e. The number of ether oxygens (including phenoxy) is 1. The molecular weight excluding hydrogens is 412 g/mol. The number of hydrogen-bond acceptors (Lipinski definition) is 5. The lowest BCUT2D eigenvalue weighted by Gasteiger charge is -2.43. The van der Waals surface area contributed by atoms with Gasteiger partial charge in [0.25, 0.3) is 5.91 Å². The average molecular weight is 447 g/mol. The van der Waals surface area contributed by atoms with Crippen molar-refractivity contribution in [2.45, 2.75) is 56.7 Å². The molecule has 1 N–H and O–H groups in total. The topological polar surface area (TPSA) is 48.1 Å². The third-order valence-electron chi connectivity index (χ3n) is 6.94. The first-order valence-corrected chi connectivity index (χ1v) is 11.8. The molecule has 0 bridgehead atoms. The van der Waals surface area contributed by atoms with Gasteiger partial charge in [0.1, 0.15) is 11.4 Å². The van der Waals surface area contributed by atoms with Crippen LogP contribution in [0.25, 0.3) is 0 Å². The van der Waals surface area contributed by atoms with Gasteiger partial charge in [-0.1, -0.05) is 17.7 Å². The van der Waals surface area contributed by atoms with Crippen molar-refractivity contribution in [3.8, 4) is 5.75 Å². The van der Waals surface area contributed by atoms with Crippen LogP contribution in [0.4, 0.5) is 0 Å². The van der Waals surface area contributed by atoms with E-state index in [0.29, 0.717) is 29.7 Å². The summed E-state index contributed by atoms with van der Waals surface area (Å²) in [4.78, 5) is 19.9. The van der Waals surface area contributed by atoms with E-state index in [1.807, 2.05) is 42.4 Å². The highest BCUT2D eigenvalue weighted by Gasteiger charge is 2.38. The number of hydrogen-bond donors (Lipinski definition) is 1. The molecule has 0 atom stereocenters.